The Morgan fingerprint density at radius 1 is 0.938 bits per heavy atom. The van der Waals surface area contributed by atoms with Gasteiger partial charge in [0.2, 0.25) is 10.0 Å². The van der Waals surface area contributed by atoms with Crippen LogP contribution in [0.15, 0.2) is 83.8 Å². The molecular formula is C25H27NO5S. The Bertz CT molecular complexity index is 1160. The van der Waals surface area contributed by atoms with Gasteiger partial charge in [0.25, 0.3) is 0 Å². The Balaban J connectivity index is 1.94. The molecule has 0 amide bonds. The third-order valence-electron chi connectivity index (χ3n) is 5.25. The van der Waals surface area contributed by atoms with Crippen LogP contribution in [0.4, 0.5) is 0 Å². The van der Waals surface area contributed by atoms with E-state index in [1.165, 1.54) is 19.1 Å². The molecule has 0 heterocycles. The van der Waals surface area contributed by atoms with Crippen LogP contribution in [0.1, 0.15) is 35.3 Å². The van der Waals surface area contributed by atoms with Gasteiger partial charge in [0.05, 0.1) is 4.90 Å². The zero-order valence-corrected chi connectivity index (χ0v) is 19.1. The average Bonchev–Trinajstić information content (AvgIpc) is 2.78. The van der Waals surface area contributed by atoms with Gasteiger partial charge in [0.15, 0.2) is 5.54 Å². The number of aliphatic hydroxyl groups excluding tert-OH is 1. The number of hydrogen-bond acceptors (Lipinski definition) is 5. The molecule has 7 heteroatoms. The van der Waals surface area contributed by atoms with Crippen molar-refractivity contribution in [3.63, 3.8) is 0 Å². The molecule has 2 atom stereocenters. The molecule has 0 aliphatic heterocycles. The molecule has 0 spiro atoms. The largest absolute Gasteiger partial charge is 0.459 e. The molecule has 0 saturated heterocycles. The van der Waals surface area contributed by atoms with Crippen molar-refractivity contribution in [1.29, 1.82) is 0 Å². The summed E-state index contributed by atoms with van der Waals surface area (Å²) in [4.78, 5) is 13.2. The SMILES string of the molecule is Cc1ccc([C@@H](O)[C@@](C)(NS(=O)(=O)c2ccc(C)cc2)C(=O)OCc2ccccc2)cc1. The maximum atomic E-state index is 13.2. The summed E-state index contributed by atoms with van der Waals surface area (Å²) in [5.41, 5.74) is 1.03. The van der Waals surface area contributed by atoms with E-state index in [1.807, 2.05) is 32.0 Å². The van der Waals surface area contributed by atoms with Gasteiger partial charge in [0.1, 0.15) is 12.7 Å². The standard InChI is InChI=1S/C25H27NO5S/c1-18-9-13-21(14-10-18)23(27)25(3,24(28)31-17-20-7-5-4-6-8-20)26-32(29,30)22-15-11-19(2)12-16-22/h4-16,23,26-27H,17H2,1-3H3/t23-,25-/m1/s1. The van der Waals surface area contributed by atoms with Crippen LogP contribution in [0, 0.1) is 13.8 Å². The molecule has 0 fully saturated rings. The number of carbonyl (C=O) groups is 1. The van der Waals surface area contributed by atoms with Crippen molar-refractivity contribution in [2.75, 3.05) is 0 Å². The molecule has 0 saturated carbocycles. The van der Waals surface area contributed by atoms with E-state index in [1.54, 1.807) is 48.5 Å². The van der Waals surface area contributed by atoms with Crippen LogP contribution in [0.2, 0.25) is 0 Å². The first-order chi connectivity index (χ1) is 15.1. The lowest BCUT2D eigenvalue weighted by Crippen LogP contribution is -2.56. The summed E-state index contributed by atoms with van der Waals surface area (Å²) in [5.74, 6) is -0.884. The Kier molecular flexibility index (Phi) is 7.13. The average molecular weight is 454 g/mol. The summed E-state index contributed by atoms with van der Waals surface area (Å²) in [7, 11) is -4.13. The highest BCUT2D eigenvalue weighted by molar-refractivity contribution is 7.89. The van der Waals surface area contributed by atoms with Crippen molar-refractivity contribution < 1.29 is 23.1 Å². The van der Waals surface area contributed by atoms with Gasteiger partial charge in [-0.15, -0.1) is 0 Å². The summed E-state index contributed by atoms with van der Waals surface area (Å²) < 4.78 is 34.0. The Morgan fingerprint density at radius 3 is 2.03 bits per heavy atom. The molecule has 3 aromatic rings. The second-order valence-electron chi connectivity index (χ2n) is 8.00. The number of sulfonamides is 1. The molecule has 32 heavy (non-hydrogen) atoms. The third kappa shape index (κ3) is 5.43. The zero-order chi connectivity index (χ0) is 23.4. The molecule has 168 valence electrons. The number of aryl methyl sites for hydroxylation is 2. The van der Waals surface area contributed by atoms with Crippen molar-refractivity contribution >= 4 is 16.0 Å². The molecule has 6 nitrogen and oxygen atoms in total. The van der Waals surface area contributed by atoms with E-state index in [9.17, 15) is 18.3 Å². The van der Waals surface area contributed by atoms with Gasteiger partial charge in [-0.1, -0.05) is 77.9 Å². The van der Waals surface area contributed by atoms with Gasteiger partial charge < -0.3 is 9.84 Å². The molecule has 3 rings (SSSR count). The third-order valence-corrected chi connectivity index (χ3v) is 6.84. The fraction of sp³-hybridized carbons (Fsp3) is 0.240. The number of aliphatic hydroxyl groups is 1. The van der Waals surface area contributed by atoms with E-state index in [4.69, 9.17) is 4.74 Å². The summed E-state index contributed by atoms with van der Waals surface area (Å²) >= 11 is 0. The minimum atomic E-state index is -4.13. The van der Waals surface area contributed by atoms with Crippen molar-refractivity contribution in [3.8, 4) is 0 Å². The quantitative estimate of drug-likeness (QED) is 0.506. The summed E-state index contributed by atoms with van der Waals surface area (Å²) in [6, 6.07) is 22.1. The number of nitrogens with one attached hydrogen (secondary N) is 1. The van der Waals surface area contributed by atoms with Gasteiger partial charge in [-0.25, -0.2) is 13.2 Å². The van der Waals surface area contributed by atoms with Crippen LogP contribution in [0.3, 0.4) is 0 Å². The molecule has 0 aromatic heterocycles. The summed E-state index contributed by atoms with van der Waals surface area (Å²) in [6.45, 7) is 5.01. The predicted molar refractivity (Wildman–Crippen MR) is 122 cm³/mol. The number of carbonyl (C=O) groups excluding carboxylic acids is 1. The molecule has 0 bridgehead atoms. The van der Waals surface area contributed by atoms with E-state index >= 15 is 0 Å². The fourth-order valence-corrected chi connectivity index (χ4v) is 4.59. The van der Waals surface area contributed by atoms with Crippen molar-refractivity contribution in [1.82, 2.24) is 4.72 Å². The minimum absolute atomic E-state index is 0.0127. The second-order valence-corrected chi connectivity index (χ2v) is 9.68. The lowest BCUT2D eigenvalue weighted by molar-refractivity contribution is -0.156. The zero-order valence-electron chi connectivity index (χ0n) is 18.3. The molecule has 2 N–H and O–H groups in total. The lowest BCUT2D eigenvalue weighted by atomic mass is 9.90. The van der Waals surface area contributed by atoms with E-state index in [-0.39, 0.29) is 11.5 Å². The van der Waals surface area contributed by atoms with Gasteiger partial charge >= 0.3 is 5.97 Å². The van der Waals surface area contributed by atoms with Gasteiger partial charge in [-0.3, -0.25) is 0 Å². The number of esters is 1. The first-order valence-electron chi connectivity index (χ1n) is 10.2. The van der Waals surface area contributed by atoms with Crippen molar-refractivity contribution in [3.05, 3.63) is 101 Å². The van der Waals surface area contributed by atoms with Gasteiger partial charge in [-0.2, -0.15) is 4.72 Å². The smallest absolute Gasteiger partial charge is 0.330 e. The predicted octanol–water partition coefficient (Wildman–Crippen LogP) is 3.82. The van der Waals surface area contributed by atoms with Crippen LogP contribution in [0.5, 0.6) is 0 Å². The highest BCUT2D eigenvalue weighted by atomic mass is 32.2. The summed E-state index contributed by atoms with van der Waals surface area (Å²) in [5, 5.41) is 11.1. The van der Waals surface area contributed by atoms with E-state index < -0.39 is 27.6 Å². The molecule has 0 radical (unpaired) electrons. The van der Waals surface area contributed by atoms with E-state index in [0.717, 1.165) is 16.7 Å². The van der Waals surface area contributed by atoms with Crippen molar-refractivity contribution in [2.24, 2.45) is 0 Å². The number of hydrogen-bond donors (Lipinski definition) is 2. The monoisotopic (exact) mass is 453 g/mol. The fourth-order valence-electron chi connectivity index (χ4n) is 3.22. The topological polar surface area (TPSA) is 92.7 Å². The van der Waals surface area contributed by atoms with Crippen LogP contribution in [-0.4, -0.2) is 25.0 Å². The van der Waals surface area contributed by atoms with Crippen LogP contribution >= 0.6 is 0 Å². The van der Waals surface area contributed by atoms with Crippen LogP contribution < -0.4 is 4.72 Å². The maximum Gasteiger partial charge on any atom is 0.330 e. The first kappa shape index (κ1) is 23.7. The second kappa shape index (κ2) is 9.65. The normalized spacial score (nSPS) is 14.4. The van der Waals surface area contributed by atoms with Crippen LogP contribution in [-0.2, 0) is 26.2 Å². The highest BCUT2D eigenvalue weighted by Gasteiger charge is 2.46. The maximum absolute atomic E-state index is 13.2. The molecule has 0 unspecified atom stereocenters. The number of rotatable bonds is 8. The van der Waals surface area contributed by atoms with Crippen LogP contribution in [0.25, 0.3) is 0 Å². The molecule has 0 aliphatic rings. The number of ether oxygens (including phenoxy) is 1. The number of benzene rings is 3. The first-order valence-corrected chi connectivity index (χ1v) is 11.7. The summed E-state index contributed by atoms with van der Waals surface area (Å²) in [6.07, 6.45) is -1.48. The van der Waals surface area contributed by atoms with Gasteiger partial charge in [-0.05, 0) is 44.0 Å². The molecule has 0 aliphatic carbocycles. The Hall–Kier alpha value is -3.00. The Morgan fingerprint density at radius 2 is 1.47 bits per heavy atom. The van der Waals surface area contributed by atoms with Crippen molar-refractivity contribution in [2.45, 2.75) is 43.9 Å². The van der Waals surface area contributed by atoms with E-state index in [0.29, 0.717) is 5.56 Å². The highest BCUT2D eigenvalue weighted by Crippen LogP contribution is 2.30. The minimum Gasteiger partial charge on any atom is -0.459 e. The molecular weight excluding hydrogens is 426 g/mol. The molecule has 3 aromatic carbocycles. The lowest BCUT2D eigenvalue weighted by Gasteiger charge is -2.33. The van der Waals surface area contributed by atoms with E-state index in [2.05, 4.69) is 4.72 Å². The Labute approximate surface area is 188 Å². The van der Waals surface area contributed by atoms with Gasteiger partial charge in [0, 0.05) is 0 Å².